The number of carbonyl (C=O) groups is 2. The molecule has 1 atom stereocenters. The van der Waals surface area contributed by atoms with E-state index in [1.807, 2.05) is 37.3 Å². The highest BCUT2D eigenvalue weighted by molar-refractivity contribution is 7.92. The normalized spacial score (nSPS) is 15.0. The van der Waals surface area contributed by atoms with Gasteiger partial charge in [-0.15, -0.1) is 0 Å². The van der Waals surface area contributed by atoms with Gasteiger partial charge in [0.05, 0.1) is 11.9 Å². The second-order valence-corrected chi connectivity index (χ2v) is 12.3. The van der Waals surface area contributed by atoms with Crippen molar-refractivity contribution in [3.63, 3.8) is 0 Å². The van der Waals surface area contributed by atoms with Gasteiger partial charge in [-0.1, -0.05) is 68.1 Å². The highest BCUT2D eigenvalue weighted by atomic mass is 35.5. The number of rotatable bonds is 13. The zero-order valence-electron chi connectivity index (χ0n) is 22.4. The molecule has 1 N–H and O–H groups in total. The van der Waals surface area contributed by atoms with Crippen molar-refractivity contribution < 1.29 is 18.0 Å². The van der Waals surface area contributed by atoms with Crippen LogP contribution < -0.4 is 9.62 Å². The maximum atomic E-state index is 13.5. The second kappa shape index (κ2) is 14.5. The molecule has 1 aliphatic rings. The average molecular weight is 562 g/mol. The van der Waals surface area contributed by atoms with Crippen molar-refractivity contribution >= 4 is 39.1 Å². The summed E-state index contributed by atoms with van der Waals surface area (Å²) in [6.07, 6.45) is 8.16. The molecule has 208 valence electrons. The van der Waals surface area contributed by atoms with Gasteiger partial charge < -0.3 is 10.2 Å². The molecule has 1 saturated carbocycles. The first-order valence-corrected chi connectivity index (χ1v) is 15.8. The van der Waals surface area contributed by atoms with E-state index in [0.29, 0.717) is 36.5 Å². The molecule has 0 bridgehead atoms. The first-order valence-electron chi connectivity index (χ1n) is 13.6. The Morgan fingerprint density at radius 3 is 2.26 bits per heavy atom. The number of hydrogen-bond acceptors (Lipinski definition) is 4. The van der Waals surface area contributed by atoms with Crippen LogP contribution in [0.15, 0.2) is 54.6 Å². The smallest absolute Gasteiger partial charge is 0.243 e. The van der Waals surface area contributed by atoms with Crippen LogP contribution in [0.25, 0.3) is 0 Å². The Bertz CT molecular complexity index is 1140. The fourth-order valence-electron chi connectivity index (χ4n) is 5.05. The Labute approximate surface area is 232 Å². The number of halogens is 1. The maximum Gasteiger partial charge on any atom is 0.243 e. The van der Waals surface area contributed by atoms with E-state index in [1.54, 1.807) is 29.2 Å². The van der Waals surface area contributed by atoms with Crippen LogP contribution in [0.5, 0.6) is 0 Å². The molecule has 1 fully saturated rings. The molecule has 3 rings (SSSR count). The van der Waals surface area contributed by atoms with Crippen molar-refractivity contribution in [1.29, 1.82) is 0 Å². The third kappa shape index (κ3) is 9.02. The third-order valence-corrected chi connectivity index (χ3v) is 8.53. The van der Waals surface area contributed by atoms with Crippen molar-refractivity contribution in [3.8, 4) is 0 Å². The average Bonchev–Trinajstić information content (AvgIpc) is 2.90. The Hall–Kier alpha value is -2.58. The van der Waals surface area contributed by atoms with Crippen molar-refractivity contribution in [2.45, 2.75) is 76.8 Å². The Morgan fingerprint density at radius 2 is 1.66 bits per heavy atom. The Morgan fingerprint density at radius 1 is 1.00 bits per heavy atom. The summed E-state index contributed by atoms with van der Waals surface area (Å²) in [7, 11) is -3.54. The number of benzene rings is 2. The monoisotopic (exact) mass is 561 g/mol. The number of hydrogen-bond donors (Lipinski definition) is 1. The number of anilines is 1. The van der Waals surface area contributed by atoms with Crippen LogP contribution in [-0.4, -0.2) is 56.6 Å². The fourth-order valence-corrected chi connectivity index (χ4v) is 6.14. The molecule has 9 heteroatoms. The zero-order chi connectivity index (χ0) is 27.5. The van der Waals surface area contributed by atoms with Gasteiger partial charge in [-0.2, -0.15) is 0 Å². The summed E-state index contributed by atoms with van der Waals surface area (Å²) in [5.41, 5.74) is 1.60. The zero-order valence-corrected chi connectivity index (χ0v) is 24.0. The first-order chi connectivity index (χ1) is 18.2. The van der Waals surface area contributed by atoms with Crippen LogP contribution in [0.1, 0.15) is 63.9 Å². The van der Waals surface area contributed by atoms with Gasteiger partial charge in [0.1, 0.15) is 6.04 Å². The number of nitrogens with zero attached hydrogens (tertiary/aromatic N) is 2. The predicted molar refractivity (Wildman–Crippen MR) is 154 cm³/mol. The summed E-state index contributed by atoms with van der Waals surface area (Å²) in [5.74, 6) is -0.240. The highest BCUT2D eigenvalue weighted by Crippen LogP contribution is 2.22. The van der Waals surface area contributed by atoms with E-state index in [0.717, 1.165) is 37.5 Å². The van der Waals surface area contributed by atoms with Gasteiger partial charge in [0, 0.05) is 30.6 Å². The van der Waals surface area contributed by atoms with Gasteiger partial charge >= 0.3 is 0 Å². The van der Waals surface area contributed by atoms with Gasteiger partial charge in [-0.3, -0.25) is 13.9 Å². The molecule has 7 nitrogen and oxygen atoms in total. The topological polar surface area (TPSA) is 86.8 Å². The van der Waals surface area contributed by atoms with Crippen LogP contribution in [-0.2, 0) is 26.0 Å². The lowest BCUT2D eigenvalue weighted by molar-refractivity contribution is -0.141. The van der Waals surface area contributed by atoms with E-state index in [9.17, 15) is 18.0 Å². The summed E-state index contributed by atoms with van der Waals surface area (Å²) in [6, 6.07) is 16.1. The van der Waals surface area contributed by atoms with Crippen LogP contribution in [0.3, 0.4) is 0 Å². The van der Waals surface area contributed by atoms with Gasteiger partial charge in [0.2, 0.25) is 21.8 Å². The second-order valence-electron chi connectivity index (χ2n) is 10.0. The van der Waals surface area contributed by atoms with Crippen molar-refractivity contribution in [2.75, 3.05) is 23.7 Å². The van der Waals surface area contributed by atoms with E-state index in [2.05, 4.69) is 5.32 Å². The summed E-state index contributed by atoms with van der Waals surface area (Å²) in [6.45, 7) is 2.51. The predicted octanol–water partition coefficient (Wildman–Crippen LogP) is 5.19. The summed E-state index contributed by atoms with van der Waals surface area (Å²) < 4.78 is 26.2. The largest absolute Gasteiger partial charge is 0.352 e. The Kier molecular flexibility index (Phi) is 11.5. The first kappa shape index (κ1) is 30.0. The highest BCUT2D eigenvalue weighted by Gasteiger charge is 2.30. The maximum absolute atomic E-state index is 13.5. The number of carbonyl (C=O) groups excluding carboxylic acids is 2. The fraction of sp³-hybridized carbons (Fsp3) is 0.517. The molecule has 2 amide bonds. The van der Waals surface area contributed by atoms with Crippen molar-refractivity contribution in [3.05, 3.63) is 65.2 Å². The van der Waals surface area contributed by atoms with Crippen LogP contribution in [0, 0.1) is 0 Å². The van der Waals surface area contributed by atoms with Gasteiger partial charge in [-0.25, -0.2) is 8.42 Å². The number of nitrogens with one attached hydrogen (secondary N) is 1. The van der Waals surface area contributed by atoms with Gasteiger partial charge in [0.15, 0.2) is 0 Å². The minimum atomic E-state index is -3.54. The van der Waals surface area contributed by atoms with E-state index in [4.69, 9.17) is 11.6 Å². The van der Waals surface area contributed by atoms with E-state index < -0.39 is 16.1 Å². The molecule has 1 aliphatic carbocycles. The van der Waals surface area contributed by atoms with Crippen LogP contribution in [0.2, 0.25) is 5.02 Å². The number of sulfonamides is 1. The molecule has 0 heterocycles. The lowest BCUT2D eigenvalue weighted by Gasteiger charge is -2.33. The molecule has 0 saturated heterocycles. The lowest BCUT2D eigenvalue weighted by Crippen LogP contribution is -2.52. The SMILES string of the molecule is CCC(C(=O)NC1CCCCC1)N(CCc1ccccc1)C(=O)CCCN(c1ccc(Cl)cc1)S(C)(=O)=O. The van der Waals surface area contributed by atoms with Crippen LogP contribution >= 0.6 is 11.6 Å². The molecule has 0 radical (unpaired) electrons. The minimum Gasteiger partial charge on any atom is -0.352 e. The summed E-state index contributed by atoms with van der Waals surface area (Å²) >= 11 is 5.96. The molecule has 2 aromatic carbocycles. The molecule has 2 aromatic rings. The molecule has 1 unspecified atom stereocenters. The molecule has 0 aromatic heterocycles. The Balaban J connectivity index is 1.70. The molecular formula is C29H40ClN3O4S. The van der Waals surface area contributed by atoms with Gasteiger partial charge in [0.25, 0.3) is 0 Å². The molecular weight excluding hydrogens is 522 g/mol. The van der Waals surface area contributed by atoms with Gasteiger partial charge in [-0.05, 0) is 61.9 Å². The van der Waals surface area contributed by atoms with Crippen LogP contribution in [0.4, 0.5) is 5.69 Å². The van der Waals surface area contributed by atoms with Crippen molar-refractivity contribution in [1.82, 2.24) is 10.2 Å². The van der Waals surface area contributed by atoms with E-state index >= 15 is 0 Å². The molecule has 38 heavy (non-hydrogen) atoms. The summed E-state index contributed by atoms with van der Waals surface area (Å²) in [4.78, 5) is 28.5. The van der Waals surface area contributed by atoms with Crippen molar-refractivity contribution in [2.24, 2.45) is 0 Å². The van der Waals surface area contributed by atoms with E-state index in [-0.39, 0.29) is 30.8 Å². The lowest BCUT2D eigenvalue weighted by atomic mass is 9.95. The quantitative estimate of drug-likeness (QED) is 0.365. The third-order valence-electron chi connectivity index (χ3n) is 7.09. The summed E-state index contributed by atoms with van der Waals surface area (Å²) in [5, 5.41) is 3.71. The minimum absolute atomic E-state index is 0.0975. The molecule has 0 spiro atoms. The molecule has 0 aliphatic heterocycles. The van der Waals surface area contributed by atoms with E-state index in [1.165, 1.54) is 10.7 Å². The number of amides is 2. The standard InChI is InChI=1S/C29H40ClN3O4S/c1-3-27(29(35)31-25-13-8-5-9-14-25)32(22-20-23-11-6-4-7-12-23)28(34)15-10-21-33(38(2,36)37)26-18-16-24(30)17-19-26/h4,6-7,11-12,16-19,25,27H,3,5,8-10,13-15,20-22H2,1-2H3,(H,31,35).